The van der Waals surface area contributed by atoms with Gasteiger partial charge in [-0.15, -0.1) is 0 Å². The van der Waals surface area contributed by atoms with Gasteiger partial charge in [-0.1, -0.05) is 30.3 Å². The molecule has 26 heavy (non-hydrogen) atoms. The molecule has 0 aliphatic heterocycles. The highest BCUT2D eigenvalue weighted by atomic mass is 79.9. The number of nitrogens with one attached hydrogen (secondary N) is 2. The van der Waals surface area contributed by atoms with Gasteiger partial charge < -0.3 is 5.32 Å². The van der Waals surface area contributed by atoms with Crippen LogP contribution in [0.15, 0.2) is 51.2 Å². The molecule has 0 aliphatic rings. The lowest BCUT2D eigenvalue weighted by Gasteiger charge is -2.06. The number of nitrogens with zero attached hydrogens (tertiary/aromatic N) is 2. The quantitative estimate of drug-likeness (QED) is 0.479. The molecular weight excluding hydrogens is 432 g/mol. The van der Waals surface area contributed by atoms with Gasteiger partial charge in [0.25, 0.3) is 5.56 Å². The van der Waals surface area contributed by atoms with Gasteiger partial charge in [-0.3, -0.25) is 9.78 Å². The van der Waals surface area contributed by atoms with Crippen LogP contribution in [0.5, 0.6) is 0 Å². The zero-order valence-corrected chi connectivity index (χ0v) is 17.3. The molecule has 2 N–H and O–H groups in total. The van der Waals surface area contributed by atoms with Crippen LogP contribution < -0.4 is 10.9 Å². The predicted molar refractivity (Wildman–Crippen MR) is 113 cm³/mol. The Kier molecular flexibility index (Phi) is 7.28. The Bertz CT molecular complexity index is 882. The average molecular weight is 451 g/mol. The number of hydrogen-bond acceptors (Lipinski definition) is 6. The Morgan fingerprint density at radius 1 is 1.23 bits per heavy atom. The fourth-order valence-corrected chi connectivity index (χ4v) is 4.61. The summed E-state index contributed by atoms with van der Waals surface area (Å²) in [5.74, 6) is 2.30. The fraction of sp³-hybridized carbons (Fsp3) is 0.278. The minimum atomic E-state index is -0.0718. The van der Waals surface area contributed by atoms with Crippen molar-refractivity contribution < 1.29 is 0 Å². The maximum Gasteiger partial charge on any atom is 0.255 e. The van der Waals surface area contributed by atoms with Gasteiger partial charge in [-0.2, -0.15) is 16.1 Å². The normalized spacial score (nSPS) is 10.8. The molecule has 3 rings (SSSR count). The molecule has 2 aromatic heterocycles. The highest BCUT2D eigenvalue weighted by molar-refractivity contribution is 9.10. The second-order valence-corrected chi connectivity index (χ2v) is 8.25. The van der Waals surface area contributed by atoms with E-state index in [4.69, 9.17) is 0 Å². The molecule has 0 saturated heterocycles. The van der Waals surface area contributed by atoms with E-state index in [1.54, 1.807) is 18.0 Å². The number of aromatic nitrogens is 3. The first kappa shape index (κ1) is 19.1. The monoisotopic (exact) mass is 450 g/mol. The number of anilines is 1. The van der Waals surface area contributed by atoms with Gasteiger partial charge >= 0.3 is 0 Å². The number of hydrogen-bond donors (Lipinski definition) is 2. The lowest BCUT2D eigenvalue weighted by Crippen LogP contribution is -2.18. The summed E-state index contributed by atoms with van der Waals surface area (Å²) >= 11 is 6.73. The summed E-state index contributed by atoms with van der Waals surface area (Å²) < 4.78 is 5.40. The van der Waals surface area contributed by atoms with Crippen LogP contribution >= 0.6 is 39.2 Å². The molecule has 2 heterocycles. The number of halogens is 1. The third-order valence-corrected chi connectivity index (χ3v) is 6.40. The van der Waals surface area contributed by atoms with E-state index in [1.165, 1.54) is 17.1 Å². The Hall–Kier alpha value is -1.64. The molecule has 0 bridgehead atoms. The van der Waals surface area contributed by atoms with Crippen molar-refractivity contribution in [1.29, 1.82) is 0 Å². The van der Waals surface area contributed by atoms with E-state index < -0.39 is 0 Å². The molecule has 0 aliphatic carbocycles. The Morgan fingerprint density at radius 2 is 2.08 bits per heavy atom. The summed E-state index contributed by atoms with van der Waals surface area (Å²) in [7, 11) is 0. The molecule has 1 aromatic carbocycles. The average Bonchev–Trinajstić information content (AvgIpc) is 3.06. The minimum absolute atomic E-state index is 0.0718. The van der Waals surface area contributed by atoms with Crippen molar-refractivity contribution in [3.8, 4) is 0 Å². The third kappa shape index (κ3) is 5.69. The fourth-order valence-electron chi connectivity index (χ4n) is 2.37. The summed E-state index contributed by atoms with van der Waals surface area (Å²) in [4.78, 5) is 19.3. The van der Waals surface area contributed by atoms with Gasteiger partial charge in [0.2, 0.25) is 5.95 Å². The second kappa shape index (κ2) is 9.89. The van der Waals surface area contributed by atoms with Gasteiger partial charge in [0.05, 0.1) is 10.2 Å². The number of aryl methyl sites for hydroxylation is 2. The second-order valence-electron chi connectivity index (χ2n) is 5.66. The smallest absolute Gasteiger partial charge is 0.255 e. The van der Waals surface area contributed by atoms with Crippen LogP contribution in [0.25, 0.3) is 0 Å². The first-order valence-corrected chi connectivity index (χ1v) is 11.0. The Morgan fingerprint density at radius 3 is 2.81 bits per heavy atom. The number of benzene rings is 1. The lowest BCUT2D eigenvalue weighted by molar-refractivity contribution is 0.911. The van der Waals surface area contributed by atoms with Crippen molar-refractivity contribution in [3.05, 3.63) is 73.6 Å². The van der Waals surface area contributed by atoms with E-state index in [0.29, 0.717) is 17.9 Å². The molecule has 0 unspecified atom stereocenters. The zero-order valence-electron chi connectivity index (χ0n) is 14.1. The molecule has 136 valence electrons. The summed E-state index contributed by atoms with van der Waals surface area (Å²) in [5, 5.41) is 5.15. The highest BCUT2D eigenvalue weighted by Gasteiger charge is 2.05. The first-order valence-electron chi connectivity index (χ1n) is 8.25. The van der Waals surface area contributed by atoms with Gasteiger partial charge in [0.1, 0.15) is 0 Å². The van der Waals surface area contributed by atoms with Gasteiger partial charge in [-0.25, -0.2) is 4.98 Å². The molecule has 0 atom stereocenters. The van der Waals surface area contributed by atoms with Crippen LogP contribution in [-0.4, -0.2) is 26.6 Å². The van der Waals surface area contributed by atoms with E-state index >= 15 is 0 Å². The van der Waals surface area contributed by atoms with Crippen LogP contribution in [-0.2, 0) is 18.6 Å². The number of rotatable bonds is 9. The summed E-state index contributed by atoms with van der Waals surface area (Å²) in [5.41, 5.74) is 2.94. The predicted octanol–water partition coefficient (Wildman–Crippen LogP) is 4.12. The van der Waals surface area contributed by atoms with E-state index in [-0.39, 0.29) is 5.56 Å². The van der Waals surface area contributed by atoms with Crippen molar-refractivity contribution in [1.82, 2.24) is 14.3 Å². The molecule has 0 spiro atoms. The van der Waals surface area contributed by atoms with Gasteiger partial charge in [0, 0.05) is 35.2 Å². The van der Waals surface area contributed by atoms with Gasteiger partial charge in [-0.05, 0) is 45.9 Å². The largest absolute Gasteiger partial charge is 0.355 e. The molecule has 5 nitrogen and oxygen atoms in total. The molecular formula is C18H19BrN4OS2. The summed E-state index contributed by atoms with van der Waals surface area (Å²) in [6.45, 7) is 0.735. The van der Waals surface area contributed by atoms with E-state index in [2.05, 4.69) is 47.7 Å². The number of thioether (sulfide) groups is 1. The van der Waals surface area contributed by atoms with Crippen molar-refractivity contribution in [3.63, 3.8) is 0 Å². The summed E-state index contributed by atoms with van der Waals surface area (Å²) in [6, 6.07) is 10.1. The van der Waals surface area contributed by atoms with Crippen LogP contribution in [0.4, 0.5) is 5.95 Å². The van der Waals surface area contributed by atoms with Crippen LogP contribution in [0.2, 0.25) is 0 Å². The highest BCUT2D eigenvalue weighted by Crippen LogP contribution is 2.22. The molecule has 0 radical (unpaired) electrons. The van der Waals surface area contributed by atoms with Crippen molar-refractivity contribution in [2.45, 2.75) is 18.6 Å². The molecule has 3 aromatic rings. The van der Waals surface area contributed by atoms with Crippen molar-refractivity contribution in [2.75, 3.05) is 17.6 Å². The molecule has 8 heteroatoms. The van der Waals surface area contributed by atoms with Crippen LogP contribution in [0, 0.1) is 0 Å². The Labute approximate surface area is 169 Å². The molecule has 0 fully saturated rings. The van der Waals surface area contributed by atoms with E-state index in [9.17, 15) is 4.79 Å². The van der Waals surface area contributed by atoms with E-state index in [1.807, 2.05) is 23.6 Å². The number of aromatic amines is 1. The maximum atomic E-state index is 12.2. The lowest BCUT2D eigenvalue weighted by atomic mass is 10.1. The Balaban J connectivity index is 1.42. The topological polar surface area (TPSA) is 70.7 Å². The summed E-state index contributed by atoms with van der Waals surface area (Å²) in [6.07, 6.45) is 3.19. The van der Waals surface area contributed by atoms with Gasteiger partial charge in [0.15, 0.2) is 0 Å². The van der Waals surface area contributed by atoms with Crippen LogP contribution in [0.3, 0.4) is 0 Å². The van der Waals surface area contributed by atoms with Crippen LogP contribution in [0.1, 0.15) is 16.8 Å². The number of H-pyrrole nitrogens is 1. The molecule has 0 amide bonds. The van der Waals surface area contributed by atoms with Crippen molar-refractivity contribution >= 4 is 45.2 Å². The van der Waals surface area contributed by atoms with E-state index in [0.717, 1.165) is 34.6 Å². The molecule has 0 saturated carbocycles. The SMILES string of the molecule is O=c1[nH]c(NCCSCc2nscc2Br)ncc1CCc1ccccc1. The minimum Gasteiger partial charge on any atom is -0.355 e. The standard InChI is InChI=1S/C18H19BrN4OS2/c19-15-11-26-23-16(15)12-25-9-8-20-18-21-10-14(17(24)22-18)7-6-13-4-2-1-3-5-13/h1-5,10-11H,6-9,12H2,(H2,20,21,22,24). The first-order chi connectivity index (χ1) is 12.7. The third-order valence-electron chi connectivity index (χ3n) is 3.77. The van der Waals surface area contributed by atoms with Crippen molar-refractivity contribution in [2.24, 2.45) is 0 Å². The maximum absolute atomic E-state index is 12.2. The zero-order chi connectivity index (χ0) is 18.2.